The number of hydrogen-bond acceptors (Lipinski definition) is 3. The summed E-state index contributed by atoms with van der Waals surface area (Å²) in [5, 5.41) is 0. The number of fused-ring (bicyclic) bond motifs is 1. The summed E-state index contributed by atoms with van der Waals surface area (Å²) in [7, 11) is 1.60. The fourth-order valence-corrected chi connectivity index (χ4v) is 1.63. The van der Waals surface area contributed by atoms with Crippen LogP contribution in [0.15, 0.2) is 22.8 Å². The first-order valence-electron chi connectivity index (χ1n) is 3.69. The first kappa shape index (κ1) is 8.37. The summed E-state index contributed by atoms with van der Waals surface area (Å²) in [4.78, 5) is 4.14. The van der Waals surface area contributed by atoms with Crippen molar-refractivity contribution in [2.75, 3.05) is 12.8 Å². The number of aromatic nitrogens is 2. The summed E-state index contributed by atoms with van der Waals surface area (Å²) < 4.78 is 7.78. The van der Waals surface area contributed by atoms with Crippen molar-refractivity contribution in [2.24, 2.45) is 0 Å². The Bertz CT molecular complexity index is 452. The highest BCUT2D eigenvalue weighted by molar-refractivity contribution is 9.10. The van der Waals surface area contributed by atoms with Crippen molar-refractivity contribution in [3.8, 4) is 5.88 Å². The minimum atomic E-state index is 0.563. The van der Waals surface area contributed by atoms with Gasteiger partial charge in [-0.15, -0.1) is 0 Å². The van der Waals surface area contributed by atoms with Crippen molar-refractivity contribution in [2.45, 2.75) is 0 Å². The third-order valence-electron chi connectivity index (χ3n) is 1.80. The number of nitrogen functional groups attached to an aromatic ring is 1. The summed E-state index contributed by atoms with van der Waals surface area (Å²) in [6.07, 6.45) is 1.60. The second-order valence-corrected chi connectivity index (χ2v) is 3.42. The van der Waals surface area contributed by atoms with E-state index >= 15 is 0 Å². The largest absolute Gasteiger partial charge is 0.482 e. The Kier molecular flexibility index (Phi) is 1.88. The molecule has 0 aromatic carbocycles. The van der Waals surface area contributed by atoms with Gasteiger partial charge in [-0.05, 0) is 22.0 Å². The third-order valence-corrected chi connectivity index (χ3v) is 2.42. The number of pyridine rings is 1. The van der Waals surface area contributed by atoms with Gasteiger partial charge in [0.2, 0.25) is 5.88 Å². The van der Waals surface area contributed by atoms with Crippen LogP contribution >= 0.6 is 15.9 Å². The Hall–Kier alpha value is -1.23. The standard InChI is InChI=1S/C8H8BrN3O/c1-13-7-3-2-5(9)8-11-4-6(10)12(7)8/h2-4H,10H2,1H3. The topological polar surface area (TPSA) is 52.5 Å². The molecule has 0 aliphatic heterocycles. The van der Waals surface area contributed by atoms with Gasteiger partial charge in [-0.25, -0.2) is 9.38 Å². The Morgan fingerprint density at radius 1 is 1.54 bits per heavy atom. The predicted molar refractivity (Wildman–Crippen MR) is 53.9 cm³/mol. The van der Waals surface area contributed by atoms with Crippen LogP contribution in [0, 0.1) is 0 Å². The fourth-order valence-electron chi connectivity index (χ4n) is 1.22. The van der Waals surface area contributed by atoms with E-state index in [-0.39, 0.29) is 0 Å². The average Bonchev–Trinajstić information content (AvgIpc) is 2.51. The molecule has 0 bridgehead atoms. The van der Waals surface area contributed by atoms with Crippen molar-refractivity contribution in [3.63, 3.8) is 0 Å². The van der Waals surface area contributed by atoms with Crippen molar-refractivity contribution in [1.82, 2.24) is 9.38 Å². The maximum atomic E-state index is 5.72. The molecule has 0 aliphatic rings. The molecule has 2 aromatic rings. The van der Waals surface area contributed by atoms with E-state index < -0.39 is 0 Å². The summed E-state index contributed by atoms with van der Waals surface area (Å²) in [5.74, 6) is 1.24. The molecule has 68 valence electrons. The van der Waals surface area contributed by atoms with E-state index in [0.717, 1.165) is 10.1 Å². The van der Waals surface area contributed by atoms with Gasteiger partial charge in [-0.2, -0.15) is 0 Å². The lowest BCUT2D eigenvalue weighted by atomic mass is 10.4. The number of hydrogen-bond donors (Lipinski definition) is 1. The van der Waals surface area contributed by atoms with Crippen LogP contribution in [0.2, 0.25) is 0 Å². The van der Waals surface area contributed by atoms with E-state index in [0.29, 0.717) is 11.7 Å². The van der Waals surface area contributed by atoms with Gasteiger partial charge in [0, 0.05) is 6.07 Å². The Labute approximate surface area is 83.5 Å². The van der Waals surface area contributed by atoms with E-state index in [1.54, 1.807) is 17.7 Å². The zero-order valence-electron chi connectivity index (χ0n) is 6.99. The molecule has 2 N–H and O–H groups in total. The lowest BCUT2D eigenvalue weighted by molar-refractivity contribution is 0.393. The van der Waals surface area contributed by atoms with Crippen LogP contribution in [-0.4, -0.2) is 16.5 Å². The number of imidazole rings is 1. The molecule has 0 saturated carbocycles. The van der Waals surface area contributed by atoms with Gasteiger partial charge in [-0.1, -0.05) is 0 Å². The maximum Gasteiger partial charge on any atom is 0.200 e. The van der Waals surface area contributed by atoms with Crippen LogP contribution < -0.4 is 10.5 Å². The van der Waals surface area contributed by atoms with E-state index in [1.165, 1.54) is 0 Å². The third kappa shape index (κ3) is 1.16. The van der Waals surface area contributed by atoms with Crippen molar-refractivity contribution >= 4 is 27.4 Å². The van der Waals surface area contributed by atoms with Gasteiger partial charge >= 0.3 is 0 Å². The van der Waals surface area contributed by atoms with E-state index in [1.807, 2.05) is 12.1 Å². The monoisotopic (exact) mass is 241 g/mol. The quantitative estimate of drug-likeness (QED) is 0.827. The Morgan fingerprint density at radius 2 is 2.31 bits per heavy atom. The molecule has 0 spiro atoms. The molecule has 2 aromatic heterocycles. The van der Waals surface area contributed by atoms with Gasteiger partial charge in [0.25, 0.3) is 0 Å². The van der Waals surface area contributed by atoms with Crippen LogP contribution in [0.25, 0.3) is 5.65 Å². The number of anilines is 1. The summed E-state index contributed by atoms with van der Waals surface area (Å²) in [6.45, 7) is 0. The summed E-state index contributed by atoms with van der Waals surface area (Å²) in [5.41, 5.74) is 6.48. The molecule has 5 heteroatoms. The van der Waals surface area contributed by atoms with Crippen LogP contribution in [0.1, 0.15) is 0 Å². The van der Waals surface area contributed by atoms with Gasteiger partial charge in [0.1, 0.15) is 5.82 Å². The molecule has 0 fully saturated rings. The zero-order chi connectivity index (χ0) is 9.42. The van der Waals surface area contributed by atoms with Crippen LogP contribution in [0.3, 0.4) is 0 Å². The highest BCUT2D eigenvalue weighted by Gasteiger charge is 2.07. The zero-order valence-corrected chi connectivity index (χ0v) is 8.58. The number of nitrogens with two attached hydrogens (primary N) is 1. The van der Waals surface area contributed by atoms with Crippen LogP contribution in [0.4, 0.5) is 5.82 Å². The number of nitrogens with zero attached hydrogens (tertiary/aromatic N) is 2. The fraction of sp³-hybridized carbons (Fsp3) is 0.125. The van der Waals surface area contributed by atoms with E-state index in [4.69, 9.17) is 10.5 Å². The van der Waals surface area contributed by atoms with Gasteiger partial charge in [0.05, 0.1) is 17.8 Å². The number of ether oxygens (including phenoxy) is 1. The molecular formula is C8H8BrN3O. The van der Waals surface area contributed by atoms with Crippen molar-refractivity contribution in [1.29, 1.82) is 0 Å². The van der Waals surface area contributed by atoms with Gasteiger partial charge < -0.3 is 10.5 Å². The van der Waals surface area contributed by atoms with E-state index in [9.17, 15) is 0 Å². The lowest BCUT2D eigenvalue weighted by Gasteiger charge is -2.05. The molecular weight excluding hydrogens is 234 g/mol. The lowest BCUT2D eigenvalue weighted by Crippen LogP contribution is -1.98. The molecule has 0 aliphatic carbocycles. The molecule has 2 rings (SSSR count). The predicted octanol–water partition coefficient (Wildman–Crippen LogP) is 1.69. The summed E-state index contributed by atoms with van der Waals surface area (Å²) >= 11 is 3.38. The maximum absolute atomic E-state index is 5.72. The molecule has 0 radical (unpaired) electrons. The van der Waals surface area contributed by atoms with E-state index in [2.05, 4.69) is 20.9 Å². The second kappa shape index (κ2) is 2.92. The first-order chi connectivity index (χ1) is 6.24. The Morgan fingerprint density at radius 3 is 3.00 bits per heavy atom. The normalized spacial score (nSPS) is 10.6. The van der Waals surface area contributed by atoms with Gasteiger partial charge in [-0.3, -0.25) is 0 Å². The SMILES string of the molecule is COc1ccc(Br)c2ncc(N)n12. The molecule has 0 saturated heterocycles. The summed E-state index contributed by atoms with van der Waals surface area (Å²) in [6, 6.07) is 3.70. The number of halogens is 1. The highest BCUT2D eigenvalue weighted by Crippen LogP contribution is 2.24. The minimum Gasteiger partial charge on any atom is -0.482 e. The molecule has 4 nitrogen and oxygen atoms in total. The molecule has 2 heterocycles. The van der Waals surface area contributed by atoms with Crippen LogP contribution in [-0.2, 0) is 0 Å². The van der Waals surface area contributed by atoms with Gasteiger partial charge in [0.15, 0.2) is 5.65 Å². The highest BCUT2D eigenvalue weighted by atomic mass is 79.9. The van der Waals surface area contributed by atoms with Crippen LogP contribution in [0.5, 0.6) is 5.88 Å². The van der Waals surface area contributed by atoms with Crippen molar-refractivity contribution < 1.29 is 4.74 Å². The molecule has 0 unspecified atom stereocenters. The second-order valence-electron chi connectivity index (χ2n) is 2.57. The number of methoxy groups -OCH3 is 1. The van der Waals surface area contributed by atoms with Crippen molar-refractivity contribution in [3.05, 3.63) is 22.8 Å². The number of rotatable bonds is 1. The minimum absolute atomic E-state index is 0.563. The average molecular weight is 242 g/mol. The Balaban J connectivity index is 2.88. The molecule has 13 heavy (non-hydrogen) atoms. The first-order valence-corrected chi connectivity index (χ1v) is 4.49. The molecule has 0 atom stereocenters. The molecule has 0 amide bonds. The smallest absolute Gasteiger partial charge is 0.200 e.